The van der Waals surface area contributed by atoms with E-state index in [4.69, 9.17) is 10.8 Å². The summed E-state index contributed by atoms with van der Waals surface area (Å²) in [6, 6.07) is 6.26. The molecular weight excluding hydrogens is 194 g/mol. The van der Waals surface area contributed by atoms with E-state index in [2.05, 4.69) is 0 Å². The fourth-order valence-electron chi connectivity index (χ4n) is 1.24. The monoisotopic (exact) mass is 207 g/mol. The number of rotatable bonds is 4. The van der Waals surface area contributed by atoms with Crippen LogP contribution in [0.5, 0.6) is 0 Å². The number of hydrogen-bond donors (Lipinski definition) is 2. The second kappa shape index (κ2) is 4.23. The van der Waals surface area contributed by atoms with E-state index in [1.807, 2.05) is 0 Å². The summed E-state index contributed by atoms with van der Waals surface area (Å²) in [6.07, 6.45) is 0.744. The van der Waals surface area contributed by atoms with E-state index in [1.54, 1.807) is 19.1 Å². The molecule has 0 saturated heterocycles. The van der Waals surface area contributed by atoms with Crippen LogP contribution in [0.3, 0.4) is 0 Å². The highest BCUT2D eigenvalue weighted by Gasteiger charge is 2.24. The van der Waals surface area contributed by atoms with Crippen LogP contribution >= 0.6 is 0 Å². The quantitative estimate of drug-likeness (QED) is 0.715. The van der Waals surface area contributed by atoms with Crippen molar-refractivity contribution in [3.8, 4) is 0 Å². The first-order valence-electron chi connectivity index (χ1n) is 4.54. The number of aromatic carboxylic acids is 1. The van der Waals surface area contributed by atoms with Crippen molar-refractivity contribution in [1.82, 2.24) is 0 Å². The summed E-state index contributed by atoms with van der Waals surface area (Å²) in [7, 11) is 0. The lowest BCUT2D eigenvalue weighted by atomic mass is 9.83. The van der Waals surface area contributed by atoms with Crippen molar-refractivity contribution in [1.29, 1.82) is 0 Å². The molecule has 0 heterocycles. The van der Waals surface area contributed by atoms with Crippen LogP contribution in [0.15, 0.2) is 24.3 Å². The number of benzene rings is 1. The van der Waals surface area contributed by atoms with Gasteiger partial charge in [-0.2, -0.15) is 0 Å². The molecule has 1 unspecified atom stereocenters. The topological polar surface area (TPSA) is 80.4 Å². The Hall–Kier alpha value is -1.68. The van der Waals surface area contributed by atoms with Gasteiger partial charge in [-0.05, 0) is 24.6 Å². The Labute approximate surface area is 87.7 Å². The summed E-state index contributed by atoms with van der Waals surface area (Å²) in [6.45, 7) is 1.83. The van der Waals surface area contributed by atoms with Gasteiger partial charge in [-0.1, -0.05) is 12.1 Å². The summed E-state index contributed by atoms with van der Waals surface area (Å²) >= 11 is 0. The molecule has 0 bridgehead atoms. The van der Waals surface area contributed by atoms with E-state index in [-0.39, 0.29) is 12.1 Å². The Morgan fingerprint density at radius 3 is 2.73 bits per heavy atom. The van der Waals surface area contributed by atoms with E-state index < -0.39 is 11.4 Å². The molecule has 0 fully saturated rings. The summed E-state index contributed by atoms with van der Waals surface area (Å²) in [4.78, 5) is 21.6. The van der Waals surface area contributed by atoms with E-state index in [0.29, 0.717) is 5.56 Å². The first-order valence-corrected chi connectivity index (χ1v) is 4.54. The first kappa shape index (κ1) is 11.4. The van der Waals surface area contributed by atoms with E-state index in [1.165, 1.54) is 12.1 Å². The van der Waals surface area contributed by atoms with Gasteiger partial charge in [0.1, 0.15) is 6.29 Å². The average molecular weight is 207 g/mol. The largest absolute Gasteiger partial charge is 0.478 e. The lowest BCUT2D eigenvalue weighted by Gasteiger charge is -2.21. The molecule has 0 saturated carbocycles. The Bertz CT molecular complexity index is 389. The minimum absolute atomic E-state index is 0.152. The van der Waals surface area contributed by atoms with Gasteiger partial charge in [-0.15, -0.1) is 0 Å². The molecule has 4 nitrogen and oxygen atoms in total. The van der Waals surface area contributed by atoms with Crippen molar-refractivity contribution in [2.75, 3.05) is 6.54 Å². The molecule has 0 spiro atoms. The van der Waals surface area contributed by atoms with E-state index in [0.717, 1.165) is 6.29 Å². The Balaban J connectivity index is 3.20. The molecule has 0 aliphatic rings. The van der Waals surface area contributed by atoms with Gasteiger partial charge in [0.25, 0.3) is 0 Å². The van der Waals surface area contributed by atoms with Crippen molar-refractivity contribution >= 4 is 12.3 Å². The number of carbonyl (C=O) groups is 2. The Morgan fingerprint density at radius 1 is 1.60 bits per heavy atom. The predicted octanol–water partition coefficient (Wildman–Crippen LogP) is 0.800. The summed E-state index contributed by atoms with van der Waals surface area (Å²) in [5.74, 6) is -1.01. The number of carboxylic acids is 1. The van der Waals surface area contributed by atoms with Gasteiger partial charge in [-0.25, -0.2) is 4.79 Å². The molecule has 0 amide bonds. The van der Waals surface area contributed by atoms with Gasteiger partial charge in [0.2, 0.25) is 0 Å². The van der Waals surface area contributed by atoms with Crippen LogP contribution in [0, 0.1) is 0 Å². The molecular formula is C11H13NO3. The van der Waals surface area contributed by atoms with Crippen LogP contribution in [0.4, 0.5) is 0 Å². The normalized spacial score (nSPS) is 14.3. The highest BCUT2D eigenvalue weighted by atomic mass is 16.4. The van der Waals surface area contributed by atoms with Gasteiger partial charge in [0.15, 0.2) is 0 Å². The number of aldehydes is 1. The molecule has 1 aromatic rings. The van der Waals surface area contributed by atoms with Crippen molar-refractivity contribution in [2.45, 2.75) is 12.3 Å². The highest BCUT2D eigenvalue weighted by molar-refractivity contribution is 5.88. The maximum absolute atomic E-state index is 10.9. The lowest BCUT2D eigenvalue weighted by molar-refractivity contribution is -0.111. The van der Waals surface area contributed by atoms with Crippen molar-refractivity contribution in [3.05, 3.63) is 35.4 Å². The van der Waals surface area contributed by atoms with Crippen molar-refractivity contribution in [3.63, 3.8) is 0 Å². The second-order valence-corrected chi connectivity index (χ2v) is 3.63. The van der Waals surface area contributed by atoms with E-state index >= 15 is 0 Å². The fraction of sp³-hybridized carbons (Fsp3) is 0.273. The number of carbonyl (C=O) groups excluding carboxylic acids is 1. The van der Waals surface area contributed by atoms with E-state index in [9.17, 15) is 9.59 Å². The number of nitrogens with two attached hydrogens (primary N) is 1. The summed E-state index contributed by atoms with van der Waals surface area (Å²) < 4.78 is 0. The minimum atomic E-state index is -1.01. The molecule has 15 heavy (non-hydrogen) atoms. The maximum atomic E-state index is 10.9. The van der Waals surface area contributed by atoms with Gasteiger partial charge in [-0.3, -0.25) is 0 Å². The zero-order valence-corrected chi connectivity index (χ0v) is 8.43. The highest BCUT2D eigenvalue weighted by Crippen LogP contribution is 2.21. The summed E-state index contributed by atoms with van der Waals surface area (Å²) in [5.41, 5.74) is 5.47. The molecule has 1 atom stereocenters. The predicted molar refractivity (Wildman–Crippen MR) is 55.9 cm³/mol. The average Bonchev–Trinajstić information content (AvgIpc) is 2.28. The molecule has 4 heteroatoms. The van der Waals surface area contributed by atoms with Crippen LogP contribution in [-0.4, -0.2) is 23.9 Å². The molecule has 1 rings (SSSR count). The Morgan fingerprint density at radius 2 is 2.27 bits per heavy atom. The SMILES string of the molecule is CC(C=O)(CN)c1cccc(C(=O)O)c1. The second-order valence-electron chi connectivity index (χ2n) is 3.63. The maximum Gasteiger partial charge on any atom is 0.335 e. The lowest BCUT2D eigenvalue weighted by Crippen LogP contribution is -2.33. The zero-order valence-electron chi connectivity index (χ0n) is 8.43. The van der Waals surface area contributed by atoms with Gasteiger partial charge in [0, 0.05) is 6.54 Å². The molecule has 0 aromatic heterocycles. The van der Waals surface area contributed by atoms with Gasteiger partial charge < -0.3 is 15.6 Å². The fourth-order valence-corrected chi connectivity index (χ4v) is 1.24. The smallest absolute Gasteiger partial charge is 0.335 e. The standard InChI is InChI=1S/C11H13NO3/c1-11(6-12,7-13)9-4-2-3-8(5-9)10(14)15/h2-5,7H,6,12H2,1H3,(H,14,15). The third-order valence-electron chi connectivity index (χ3n) is 2.45. The van der Waals surface area contributed by atoms with Gasteiger partial charge in [0.05, 0.1) is 11.0 Å². The molecule has 80 valence electrons. The molecule has 0 radical (unpaired) electrons. The van der Waals surface area contributed by atoms with Crippen LogP contribution in [0.25, 0.3) is 0 Å². The number of carboxylic acid groups (broad SMARTS) is 1. The number of hydrogen-bond acceptors (Lipinski definition) is 3. The van der Waals surface area contributed by atoms with Crippen LogP contribution in [0.2, 0.25) is 0 Å². The van der Waals surface area contributed by atoms with Crippen molar-refractivity contribution < 1.29 is 14.7 Å². The minimum Gasteiger partial charge on any atom is -0.478 e. The molecule has 3 N–H and O–H groups in total. The van der Waals surface area contributed by atoms with Crippen LogP contribution < -0.4 is 5.73 Å². The van der Waals surface area contributed by atoms with Crippen LogP contribution in [-0.2, 0) is 10.2 Å². The first-order chi connectivity index (χ1) is 7.03. The van der Waals surface area contributed by atoms with Gasteiger partial charge >= 0.3 is 5.97 Å². The van der Waals surface area contributed by atoms with Crippen molar-refractivity contribution in [2.24, 2.45) is 5.73 Å². The summed E-state index contributed by atoms with van der Waals surface area (Å²) in [5, 5.41) is 8.80. The molecule has 1 aromatic carbocycles. The zero-order chi connectivity index (χ0) is 11.5. The molecule has 0 aliphatic carbocycles. The third-order valence-corrected chi connectivity index (χ3v) is 2.45. The Kier molecular flexibility index (Phi) is 3.21. The molecule has 0 aliphatic heterocycles. The van der Waals surface area contributed by atoms with Crippen LogP contribution in [0.1, 0.15) is 22.8 Å². The third kappa shape index (κ3) is 2.22.